The van der Waals surface area contributed by atoms with Crippen LogP contribution in [-0.2, 0) is 22.7 Å². The van der Waals surface area contributed by atoms with E-state index in [4.69, 9.17) is 9.72 Å². The third-order valence-corrected chi connectivity index (χ3v) is 9.18. The number of aryl methyl sites for hydroxylation is 1. The molecule has 0 aliphatic heterocycles. The molecule has 10 heteroatoms. The Morgan fingerprint density at radius 2 is 1.61 bits per heavy atom. The lowest BCUT2D eigenvalue weighted by atomic mass is 10.1. The Balaban J connectivity index is 1.21. The van der Waals surface area contributed by atoms with E-state index in [0.29, 0.717) is 31.1 Å². The van der Waals surface area contributed by atoms with Gasteiger partial charge >= 0.3 is 0 Å². The second-order valence-electron chi connectivity index (χ2n) is 12.5. The Morgan fingerprint density at radius 3 is 2.37 bits per heavy atom. The van der Waals surface area contributed by atoms with Crippen molar-refractivity contribution in [3.63, 3.8) is 0 Å². The van der Waals surface area contributed by atoms with Gasteiger partial charge in [-0.3, -0.25) is 19.5 Å². The molecule has 0 radical (unpaired) electrons. The summed E-state index contributed by atoms with van der Waals surface area (Å²) in [5.74, 6) is 0.187. The van der Waals surface area contributed by atoms with E-state index in [-0.39, 0.29) is 11.8 Å². The van der Waals surface area contributed by atoms with Crippen LogP contribution < -0.4 is 10.6 Å². The summed E-state index contributed by atoms with van der Waals surface area (Å²) in [7, 11) is -1.14. The molecule has 46 heavy (non-hydrogen) atoms. The van der Waals surface area contributed by atoms with E-state index in [0.717, 1.165) is 53.7 Å². The fourth-order valence-corrected chi connectivity index (χ4v) is 5.65. The molecule has 5 rings (SSSR count). The van der Waals surface area contributed by atoms with Gasteiger partial charge in [-0.2, -0.15) is 5.10 Å². The highest BCUT2D eigenvalue weighted by Crippen LogP contribution is 2.23. The number of hydrogen-bond acceptors (Lipinski definition) is 5. The molecule has 2 N–H and O–H groups in total. The molecule has 238 valence electrons. The van der Waals surface area contributed by atoms with Gasteiger partial charge in [-0.1, -0.05) is 68.2 Å². The first-order valence-electron chi connectivity index (χ1n) is 15.7. The molecule has 0 saturated carbocycles. The van der Waals surface area contributed by atoms with Crippen molar-refractivity contribution in [3.05, 3.63) is 115 Å². The Morgan fingerprint density at radius 1 is 0.848 bits per heavy atom. The minimum atomic E-state index is -1.14. The minimum absolute atomic E-state index is 0.00524. The van der Waals surface area contributed by atoms with Crippen LogP contribution in [-0.4, -0.2) is 45.8 Å². The first-order valence-corrected chi connectivity index (χ1v) is 19.4. The number of benzene rings is 3. The van der Waals surface area contributed by atoms with Crippen molar-refractivity contribution in [3.8, 4) is 16.8 Å². The van der Waals surface area contributed by atoms with Gasteiger partial charge < -0.3 is 10.1 Å². The predicted octanol–water partition coefficient (Wildman–Crippen LogP) is 7.65. The SMILES string of the molecule is C[Si](C)(C)CCOCn1cc(-c2cccc(C(=O)Nc3nc(CCCCC(=O)Nc4ccccc4)cn3-c3ccccc3)c2)cn1. The third kappa shape index (κ3) is 9.60. The largest absolute Gasteiger partial charge is 0.360 e. The van der Waals surface area contributed by atoms with Gasteiger partial charge in [0, 0.05) is 56.0 Å². The number of aromatic nitrogens is 4. The van der Waals surface area contributed by atoms with Crippen LogP contribution in [0.1, 0.15) is 35.3 Å². The first kappa shape index (κ1) is 32.6. The molecule has 0 atom stereocenters. The maximum Gasteiger partial charge on any atom is 0.258 e. The van der Waals surface area contributed by atoms with Crippen LogP contribution >= 0.6 is 0 Å². The lowest BCUT2D eigenvalue weighted by Crippen LogP contribution is -2.22. The molecule has 0 bridgehead atoms. The number of para-hydroxylation sites is 2. The van der Waals surface area contributed by atoms with Crippen molar-refractivity contribution in [1.29, 1.82) is 0 Å². The van der Waals surface area contributed by atoms with E-state index in [1.54, 1.807) is 16.9 Å². The Bertz CT molecular complexity index is 1730. The molecule has 0 aliphatic rings. The quantitative estimate of drug-likeness (QED) is 0.0910. The lowest BCUT2D eigenvalue weighted by molar-refractivity contribution is -0.116. The molecule has 0 unspecified atom stereocenters. The molecule has 9 nitrogen and oxygen atoms in total. The van der Waals surface area contributed by atoms with Crippen molar-refractivity contribution in [1.82, 2.24) is 19.3 Å². The maximum absolute atomic E-state index is 13.5. The van der Waals surface area contributed by atoms with Crippen LogP contribution in [0.4, 0.5) is 11.6 Å². The zero-order valence-electron chi connectivity index (χ0n) is 26.8. The van der Waals surface area contributed by atoms with Gasteiger partial charge in [-0.25, -0.2) is 9.67 Å². The van der Waals surface area contributed by atoms with Gasteiger partial charge in [-0.15, -0.1) is 0 Å². The van der Waals surface area contributed by atoms with Gasteiger partial charge in [0.15, 0.2) is 0 Å². The molecule has 0 aliphatic carbocycles. The van der Waals surface area contributed by atoms with Crippen LogP contribution in [0, 0.1) is 0 Å². The average Bonchev–Trinajstić information content (AvgIpc) is 3.69. The molecule has 2 aromatic heterocycles. The summed E-state index contributed by atoms with van der Waals surface area (Å²) in [5.41, 5.74) is 4.86. The van der Waals surface area contributed by atoms with E-state index in [9.17, 15) is 9.59 Å². The number of nitrogens with one attached hydrogen (secondary N) is 2. The van der Waals surface area contributed by atoms with Crippen LogP contribution in [0.25, 0.3) is 16.8 Å². The number of anilines is 2. The van der Waals surface area contributed by atoms with Crippen LogP contribution in [0.3, 0.4) is 0 Å². The fourth-order valence-electron chi connectivity index (χ4n) is 4.89. The Hall–Kier alpha value is -4.80. The monoisotopic (exact) mass is 634 g/mol. The van der Waals surface area contributed by atoms with E-state index in [1.807, 2.05) is 95.8 Å². The summed E-state index contributed by atoms with van der Waals surface area (Å²) in [6, 6.07) is 27.9. The Labute approximate surface area is 271 Å². The van der Waals surface area contributed by atoms with Crippen LogP contribution in [0.15, 0.2) is 104 Å². The summed E-state index contributed by atoms with van der Waals surface area (Å²) < 4.78 is 9.50. The van der Waals surface area contributed by atoms with Crippen molar-refractivity contribution in [2.45, 2.75) is 58.1 Å². The van der Waals surface area contributed by atoms with Crippen molar-refractivity contribution in [2.24, 2.45) is 0 Å². The number of carbonyl (C=O) groups is 2. The summed E-state index contributed by atoms with van der Waals surface area (Å²) in [5, 5.41) is 10.4. The second kappa shape index (κ2) is 15.5. The summed E-state index contributed by atoms with van der Waals surface area (Å²) in [6.45, 7) is 8.12. The smallest absolute Gasteiger partial charge is 0.258 e. The number of amides is 2. The first-order chi connectivity index (χ1) is 22.2. The van der Waals surface area contributed by atoms with Gasteiger partial charge in [0.1, 0.15) is 6.73 Å². The predicted molar refractivity (Wildman–Crippen MR) is 186 cm³/mol. The van der Waals surface area contributed by atoms with Crippen LogP contribution in [0.5, 0.6) is 0 Å². The zero-order valence-corrected chi connectivity index (χ0v) is 27.8. The number of hydrogen-bond donors (Lipinski definition) is 2. The highest BCUT2D eigenvalue weighted by Gasteiger charge is 2.16. The number of carbonyl (C=O) groups excluding carboxylic acids is 2. The average molecular weight is 635 g/mol. The Kier molecular flexibility index (Phi) is 11.0. The van der Waals surface area contributed by atoms with E-state index in [2.05, 4.69) is 35.4 Å². The number of rotatable bonds is 15. The normalized spacial score (nSPS) is 11.4. The molecular weight excluding hydrogens is 593 g/mol. The number of unbranched alkanes of at least 4 members (excludes halogenated alkanes) is 1. The third-order valence-electron chi connectivity index (χ3n) is 7.47. The molecule has 0 fully saturated rings. The highest BCUT2D eigenvalue weighted by atomic mass is 28.3. The number of ether oxygens (including phenoxy) is 1. The van der Waals surface area contributed by atoms with E-state index >= 15 is 0 Å². The molecule has 3 aromatic carbocycles. The standard InChI is InChI=1S/C36H42N6O3Si/c1-46(2,3)22-21-45-27-41-25-30(24-37-41)28-13-12-14-29(23-28)35(44)40-36-39-32(26-42(36)33-18-8-5-9-19-33)17-10-11-20-34(43)38-31-15-6-4-7-16-31/h4-9,12-16,18-19,23-26H,10-11,17,20-22,27H2,1-3H3,(H,38,43)(H,39,40,44). The van der Waals surface area contributed by atoms with Gasteiger partial charge in [0.25, 0.3) is 5.91 Å². The second-order valence-corrected chi connectivity index (χ2v) is 18.2. The lowest BCUT2D eigenvalue weighted by Gasteiger charge is -2.15. The minimum Gasteiger partial charge on any atom is -0.360 e. The zero-order chi connectivity index (χ0) is 32.4. The molecule has 0 spiro atoms. The van der Waals surface area contributed by atoms with Crippen molar-refractivity contribution in [2.75, 3.05) is 17.2 Å². The fraction of sp³-hybridized carbons (Fsp3) is 0.278. The highest BCUT2D eigenvalue weighted by molar-refractivity contribution is 6.76. The molecular formula is C36H42N6O3Si. The van der Waals surface area contributed by atoms with Crippen molar-refractivity contribution >= 4 is 31.5 Å². The maximum atomic E-state index is 13.5. The van der Waals surface area contributed by atoms with Crippen LogP contribution in [0.2, 0.25) is 25.7 Å². The number of imidazole rings is 1. The van der Waals surface area contributed by atoms with E-state index in [1.165, 1.54) is 0 Å². The summed E-state index contributed by atoms with van der Waals surface area (Å²) in [4.78, 5) is 30.6. The molecule has 2 heterocycles. The van der Waals surface area contributed by atoms with E-state index < -0.39 is 8.07 Å². The van der Waals surface area contributed by atoms with Gasteiger partial charge in [0.05, 0.1) is 11.9 Å². The molecule has 2 amide bonds. The number of nitrogens with zero attached hydrogens (tertiary/aromatic N) is 4. The topological polar surface area (TPSA) is 103 Å². The van der Waals surface area contributed by atoms with Crippen molar-refractivity contribution < 1.29 is 14.3 Å². The molecule has 5 aromatic rings. The summed E-state index contributed by atoms with van der Waals surface area (Å²) in [6.07, 6.45) is 8.31. The van der Waals surface area contributed by atoms with Gasteiger partial charge in [-0.05, 0) is 67.3 Å². The molecule has 0 saturated heterocycles. The van der Waals surface area contributed by atoms with Gasteiger partial charge in [0.2, 0.25) is 11.9 Å². The summed E-state index contributed by atoms with van der Waals surface area (Å²) >= 11 is 0.